The molecule has 1 unspecified atom stereocenters. The van der Waals surface area contributed by atoms with Crippen LogP contribution in [0.15, 0.2) is 0 Å². The van der Waals surface area contributed by atoms with Gasteiger partial charge >= 0.3 is 0 Å². The molecule has 21 heavy (non-hydrogen) atoms. The standard InChI is InChI=1S/C17H32N2O2/c1-3-4-5-14-6-8-15(9-7-14)16(20)19(2)13-17(21)10-11-18-12-17/h14-15,18,21H,3-13H2,1-2H3. The summed E-state index contributed by atoms with van der Waals surface area (Å²) in [5, 5.41) is 13.6. The van der Waals surface area contributed by atoms with Crippen LogP contribution in [0.3, 0.4) is 0 Å². The number of hydrogen-bond acceptors (Lipinski definition) is 3. The highest BCUT2D eigenvalue weighted by Crippen LogP contribution is 2.33. The molecule has 0 bridgehead atoms. The molecule has 0 aromatic carbocycles. The average Bonchev–Trinajstić information content (AvgIpc) is 2.91. The second-order valence-corrected chi connectivity index (χ2v) is 7.21. The minimum absolute atomic E-state index is 0.186. The van der Waals surface area contributed by atoms with E-state index in [-0.39, 0.29) is 11.8 Å². The van der Waals surface area contributed by atoms with E-state index < -0.39 is 5.60 Å². The van der Waals surface area contributed by atoms with Crippen molar-refractivity contribution < 1.29 is 9.90 Å². The van der Waals surface area contributed by atoms with Crippen molar-refractivity contribution in [3.8, 4) is 0 Å². The van der Waals surface area contributed by atoms with Crippen LogP contribution in [0.5, 0.6) is 0 Å². The Kier molecular flexibility index (Phi) is 6.06. The number of nitrogens with one attached hydrogen (secondary N) is 1. The fourth-order valence-corrected chi connectivity index (χ4v) is 3.89. The molecule has 1 aliphatic heterocycles. The van der Waals surface area contributed by atoms with E-state index in [0.29, 0.717) is 13.1 Å². The van der Waals surface area contributed by atoms with Gasteiger partial charge < -0.3 is 15.3 Å². The van der Waals surface area contributed by atoms with E-state index in [1.165, 1.54) is 32.1 Å². The van der Waals surface area contributed by atoms with Crippen LogP contribution in [0.2, 0.25) is 0 Å². The van der Waals surface area contributed by atoms with Crippen LogP contribution < -0.4 is 5.32 Å². The maximum absolute atomic E-state index is 12.5. The van der Waals surface area contributed by atoms with Crippen LogP contribution in [-0.2, 0) is 4.79 Å². The van der Waals surface area contributed by atoms with Gasteiger partial charge in [0.25, 0.3) is 0 Å². The highest BCUT2D eigenvalue weighted by Gasteiger charge is 2.35. The van der Waals surface area contributed by atoms with E-state index in [2.05, 4.69) is 12.2 Å². The highest BCUT2D eigenvalue weighted by atomic mass is 16.3. The Hall–Kier alpha value is -0.610. The fraction of sp³-hybridized carbons (Fsp3) is 0.941. The number of nitrogens with zero attached hydrogens (tertiary/aromatic N) is 1. The van der Waals surface area contributed by atoms with Crippen molar-refractivity contribution in [2.45, 2.75) is 63.9 Å². The Morgan fingerprint density at radius 3 is 2.62 bits per heavy atom. The maximum atomic E-state index is 12.5. The van der Waals surface area contributed by atoms with Gasteiger partial charge in [-0.25, -0.2) is 0 Å². The van der Waals surface area contributed by atoms with Crippen molar-refractivity contribution in [2.75, 3.05) is 26.7 Å². The van der Waals surface area contributed by atoms with E-state index in [1.807, 2.05) is 7.05 Å². The van der Waals surface area contributed by atoms with Gasteiger partial charge in [-0.2, -0.15) is 0 Å². The zero-order valence-corrected chi connectivity index (χ0v) is 13.7. The van der Waals surface area contributed by atoms with Gasteiger partial charge in [0.2, 0.25) is 5.91 Å². The summed E-state index contributed by atoms with van der Waals surface area (Å²) in [5.74, 6) is 1.26. The molecule has 2 aliphatic rings. The summed E-state index contributed by atoms with van der Waals surface area (Å²) in [6.07, 6.45) is 9.15. The molecule has 2 N–H and O–H groups in total. The normalized spacial score (nSPS) is 33.1. The molecule has 4 nitrogen and oxygen atoms in total. The lowest BCUT2D eigenvalue weighted by Crippen LogP contribution is -2.47. The monoisotopic (exact) mass is 296 g/mol. The molecule has 1 saturated carbocycles. The SMILES string of the molecule is CCCCC1CCC(C(=O)N(C)CC2(O)CCNC2)CC1. The van der Waals surface area contributed by atoms with Crippen molar-refractivity contribution >= 4 is 5.91 Å². The van der Waals surface area contributed by atoms with Crippen molar-refractivity contribution in [1.82, 2.24) is 10.2 Å². The Morgan fingerprint density at radius 2 is 2.05 bits per heavy atom. The Morgan fingerprint density at radius 1 is 1.33 bits per heavy atom. The number of β-amino-alcohol motifs (C(OH)–C–C–N with tert-alkyl or cyclic N) is 1. The molecule has 1 heterocycles. The topological polar surface area (TPSA) is 52.6 Å². The summed E-state index contributed by atoms with van der Waals surface area (Å²) in [4.78, 5) is 14.3. The summed E-state index contributed by atoms with van der Waals surface area (Å²) >= 11 is 0. The van der Waals surface area contributed by atoms with Gasteiger partial charge in [0.05, 0.1) is 12.1 Å². The van der Waals surface area contributed by atoms with E-state index in [1.54, 1.807) is 4.90 Å². The molecule has 0 spiro atoms. The molecule has 122 valence electrons. The van der Waals surface area contributed by atoms with Crippen LogP contribution in [-0.4, -0.2) is 48.2 Å². The number of aliphatic hydroxyl groups is 1. The molecule has 1 amide bonds. The first kappa shape index (κ1) is 16.8. The molecule has 0 radical (unpaired) electrons. The third-order valence-corrected chi connectivity index (χ3v) is 5.29. The van der Waals surface area contributed by atoms with Crippen LogP contribution in [0.1, 0.15) is 58.3 Å². The third-order valence-electron chi connectivity index (χ3n) is 5.29. The molecule has 0 aromatic heterocycles. The summed E-state index contributed by atoms with van der Waals surface area (Å²) in [6.45, 7) is 4.16. The van der Waals surface area contributed by atoms with Crippen LogP contribution in [0.4, 0.5) is 0 Å². The molecule has 4 heteroatoms. The van der Waals surface area contributed by atoms with Crippen molar-refractivity contribution in [2.24, 2.45) is 11.8 Å². The van der Waals surface area contributed by atoms with Crippen molar-refractivity contribution in [1.29, 1.82) is 0 Å². The van der Waals surface area contributed by atoms with E-state index in [4.69, 9.17) is 0 Å². The minimum Gasteiger partial charge on any atom is -0.387 e. The number of carbonyl (C=O) groups excluding carboxylic acids is 1. The minimum atomic E-state index is -0.720. The second-order valence-electron chi connectivity index (χ2n) is 7.21. The summed E-state index contributed by atoms with van der Waals surface area (Å²) in [6, 6.07) is 0. The first-order chi connectivity index (χ1) is 10.0. The molecule has 2 fully saturated rings. The van der Waals surface area contributed by atoms with Gasteiger partial charge in [0, 0.05) is 19.5 Å². The number of carbonyl (C=O) groups is 1. The van der Waals surface area contributed by atoms with Gasteiger partial charge in [0.1, 0.15) is 0 Å². The predicted molar refractivity (Wildman–Crippen MR) is 85.0 cm³/mol. The first-order valence-corrected chi connectivity index (χ1v) is 8.72. The maximum Gasteiger partial charge on any atom is 0.225 e. The van der Waals surface area contributed by atoms with E-state index >= 15 is 0 Å². The van der Waals surface area contributed by atoms with Gasteiger partial charge in [-0.3, -0.25) is 4.79 Å². The molecular formula is C17H32N2O2. The number of hydrogen-bond donors (Lipinski definition) is 2. The van der Waals surface area contributed by atoms with Gasteiger partial charge in [-0.15, -0.1) is 0 Å². The molecule has 0 aromatic rings. The third kappa shape index (κ3) is 4.68. The number of unbranched alkanes of at least 4 members (excludes halogenated alkanes) is 1. The Labute approximate surface area is 129 Å². The van der Waals surface area contributed by atoms with E-state index in [9.17, 15) is 9.90 Å². The summed E-state index contributed by atoms with van der Waals surface area (Å²) in [7, 11) is 1.85. The van der Waals surface area contributed by atoms with Crippen molar-refractivity contribution in [3.05, 3.63) is 0 Å². The lowest BCUT2D eigenvalue weighted by molar-refractivity contribution is -0.138. The van der Waals surface area contributed by atoms with Gasteiger partial charge in [-0.05, 0) is 44.6 Å². The molecular weight excluding hydrogens is 264 g/mol. The molecule has 1 aliphatic carbocycles. The highest BCUT2D eigenvalue weighted by molar-refractivity contribution is 5.78. The van der Waals surface area contributed by atoms with Gasteiger partial charge in [0.15, 0.2) is 0 Å². The zero-order chi connectivity index (χ0) is 15.3. The molecule has 2 rings (SSSR count). The number of rotatable bonds is 6. The number of likely N-dealkylation sites (N-methyl/N-ethyl adjacent to an activating group) is 1. The van der Waals surface area contributed by atoms with Crippen molar-refractivity contribution in [3.63, 3.8) is 0 Å². The summed E-state index contributed by atoms with van der Waals surface area (Å²) < 4.78 is 0. The first-order valence-electron chi connectivity index (χ1n) is 8.72. The quantitative estimate of drug-likeness (QED) is 0.790. The lowest BCUT2D eigenvalue weighted by Gasteiger charge is -2.33. The Bertz CT molecular complexity index is 332. The van der Waals surface area contributed by atoms with Crippen LogP contribution in [0, 0.1) is 11.8 Å². The lowest BCUT2D eigenvalue weighted by atomic mass is 9.79. The van der Waals surface area contributed by atoms with E-state index in [0.717, 1.165) is 31.7 Å². The fourth-order valence-electron chi connectivity index (χ4n) is 3.89. The van der Waals surface area contributed by atoms with Crippen LogP contribution in [0.25, 0.3) is 0 Å². The number of amides is 1. The zero-order valence-electron chi connectivity index (χ0n) is 13.7. The van der Waals surface area contributed by atoms with Crippen LogP contribution >= 0.6 is 0 Å². The largest absolute Gasteiger partial charge is 0.387 e. The average molecular weight is 296 g/mol. The predicted octanol–water partition coefficient (Wildman–Crippen LogP) is 2.17. The smallest absolute Gasteiger partial charge is 0.225 e. The Balaban J connectivity index is 1.75. The van der Waals surface area contributed by atoms with Gasteiger partial charge in [-0.1, -0.05) is 26.2 Å². The molecule has 1 saturated heterocycles. The second kappa shape index (κ2) is 7.59. The summed E-state index contributed by atoms with van der Waals surface area (Å²) in [5.41, 5.74) is -0.720. The molecule has 1 atom stereocenters.